The first-order valence-electron chi connectivity index (χ1n) is 9.14. The third-order valence-electron chi connectivity index (χ3n) is 3.51. The average molecular weight is 288 g/mol. The second-order valence-electron chi connectivity index (χ2n) is 5.69. The summed E-state index contributed by atoms with van der Waals surface area (Å²) in [5, 5.41) is 0. The summed E-state index contributed by atoms with van der Waals surface area (Å²) < 4.78 is 0. The van der Waals surface area contributed by atoms with Crippen molar-refractivity contribution in [2.75, 3.05) is 0 Å². The van der Waals surface area contributed by atoms with Gasteiger partial charge in [-0.1, -0.05) is 52.4 Å². The van der Waals surface area contributed by atoms with Gasteiger partial charge < -0.3 is 0 Å². The Morgan fingerprint density at radius 3 is 1.52 bits per heavy atom. The van der Waals surface area contributed by atoms with Gasteiger partial charge in [0, 0.05) is 25.7 Å². The molecule has 0 aromatic carbocycles. The van der Waals surface area contributed by atoms with E-state index in [4.69, 9.17) is 0 Å². The van der Waals surface area contributed by atoms with Crippen LogP contribution in [0.5, 0.6) is 0 Å². The monoisotopic (exact) mass is 287 g/mol. The molecule has 0 aliphatic heterocycles. The summed E-state index contributed by atoms with van der Waals surface area (Å²) in [6, 6.07) is 0. The lowest BCUT2D eigenvalue weighted by molar-refractivity contribution is 0.641. The molecular weight excluding hydrogens is 252 g/mol. The van der Waals surface area contributed by atoms with E-state index in [1.165, 1.54) is 51.4 Å². The Bertz CT molecular complexity index is 304. The molecule has 0 aliphatic rings. The van der Waals surface area contributed by atoms with Crippen LogP contribution in [0.4, 0.5) is 0 Å². The molecule has 0 saturated heterocycles. The van der Waals surface area contributed by atoms with Crippen LogP contribution >= 0.6 is 0 Å². The molecule has 0 heteroatoms. The summed E-state index contributed by atoms with van der Waals surface area (Å²) in [6.45, 7) is 4.49. The SMILES string of the molecule is CCCCCC#CCC[CH]CCC#CCCCCCCC. The quantitative estimate of drug-likeness (QED) is 0.277. The minimum Gasteiger partial charge on any atom is -0.103 e. The number of unbranched alkanes of at least 4 members (excludes halogenated alkanes) is 12. The van der Waals surface area contributed by atoms with Crippen molar-refractivity contribution in [3.05, 3.63) is 6.42 Å². The average Bonchev–Trinajstić information content (AvgIpc) is 2.50. The zero-order valence-corrected chi connectivity index (χ0v) is 14.5. The molecule has 0 amide bonds. The van der Waals surface area contributed by atoms with E-state index in [2.05, 4.69) is 44.0 Å². The van der Waals surface area contributed by atoms with Crippen LogP contribution in [0, 0.1) is 30.1 Å². The second-order valence-corrected chi connectivity index (χ2v) is 5.69. The van der Waals surface area contributed by atoms with Crippen molar-refractivity contribution in [3.63, 3.8) is 0 Å². The maximum atomic E-state index is 3.30. The van der Waals surface area contributed by atoms with Crippen molar-refractivity contribution in [3.8, 4) is 23.7 Å². The van der Waals surface area contributed by atoms with E-state index >= 15 is 0 Å². The fraction of sp³-hybridized carbons (Fsp3) is 0.762. The predicted octanol–water partition coefficient (Wildman–Crippen LogP) is 6.70. The molecule has 0 bridgehead atoms. The van der Waals surface area contributed by atoms with Gasteiger partial charge in [-0.25, -0.2) is 0 Å². The maximum Gasteiger partial charge on any atom is 0.00914 e. The van der Waals surface area contributed by atoms with E-state index < -0.39 is 0 Å². The Morgan fingerprint density at radius 1 is 0.524 bits per heavy atom. The van der Waals surface area contributed by atoms with Crippen LogP contribution in [-0.2, 0) is 0 Å². The topological polar surface area (TPSA) is 0 Å². The summed E-state index contributed by atoms with van der Waals surface area (Å²) in [5.74, 6) is 13.1. The van der Waals surface area contributed by atoms with Gasteiger partial charge in [0.25, 0.3) is 0 Å². The van der Waals surface area contributed by atoms with Crippen molar-refractivity contribution in [2.24, 2.45) is 0 Å². The lowest BCUT2D eigenvalue weighted by Crippen LogP contribution is -1.78. The molecule has 0 N–H and O–H groups in total. The van der Waals surface area contributed by atoms with Gasteiger partial charge in [0.05, 0.1) is 0 Å². The fourth-order valence-corrected chi connectivity index (χ4v) is 2.13. The van der Waals surface area contributed by atoms with Gasteiger partial charge in [0.15, 0.2) is 0 Å². The van der Waals surface area contributed by atoms with E-state index in [1.54, 1.807) is 0 Å². The molecule has 0 unspecified atom stereocenters. The molecule has 119 valence electrons. The van der Waals surface area contributed by atoms with Crippen molar-refractivity contribution in [2.45, 2.75) is 104 Å². The first kappa shape index (κ1) is 20.1. The van der Waals surface area contributed by atoms with E-state index in [0.29, 0.717) is 0 Å². The Labute approximate surface area is 134 Å². The van der Waals surface area contributed by atoms with Gasteiger partial charge in [-0.15, -0.1) is 23.7 Å². The third-order valence-corrected chi connectivity index (χ3v) is 3.51. The molecule has 0 atom stereocenters. The summed E-state index contributed by atoms with van der Waals surface area (Å²) >= 11 is 0. The van der Waals surface area contributed by atoms with E-state index in [0.717, 1.165) is 38.5 Å². The Balaban J connectivity index is 3.18. The molecule has 0 saturated carbocycles. The standard InChI is InChI=1S/C21H35/c1-3-5-7-9-11-13-15-17-19-21-20-18-16-14-12-10-8-6-4-2/h20H,3-11,13,16,18-19,21H2,1-2H3. The normalized spacial score (nSPS) is 9.62. The van der Waals surface area contributed by atoms with Crippen LogP contribution in [0.1, 0.15) is 104 Å². The Hall–Kier alpha value is -0.880. The van der Waals surface area contributed by atoms with Crippen LogP contribution < -0.4 is 0 Å². The molecular formula is C21H35. The number of hydrogen-bond donors (Lipinski definition) is 0. The first-order chi connectivity index (χ1) is 10.4. The van der Waals surface area contributed by atoms with Crippen LogP contribution in [0.15, 0.2) is 0 Å². The Kier molecular flexibility index (Phi) is 18.3. The molecule has 0 aromatic heterocycles. The highest BCUT2D eigenvalue weighted by Crippen LogP contribution is 2.04. The zero-order chi connectivity index (χ0) is 15.4. The van der Waals surface area contributed by atoms with Crippen LogP contribution in [0.3, 0.4) is 0 Å². The summed E-state index contributed by atoms with van der Waals surface area (Å²) in [7, 11) is 0. The molecule has 0 aromatic rings. The lowest BCUT2D eigenvalue weighted by Gasteiger charge is -1.95. The second kappa shape index (κ2) is 19.1. The van der Waals surface area contributed by atoms with Crippen LogP contribution in [0.25, 0.3) is 0 Å². The van der Waals surface area contributed by atoms with Crippen molar-refractivity contribution < 1.29 is 0 Å². The lowest BCUT2D eigenvalue weighted by atomic mass is 10.1. The summed E-state index contributed by atoms with van der Waals surface area (Å²) in [4.78, 5) is 0. The fourth-order valence-electron chi connectivity index (χ4n) is 2.13. The molecule has 0 heterocycles. The predicted molar refractivity (Wildman–Crippen MR) is 95.8 cm³/mol. The number of rotatable bonds is 12. The van der Waals surface area contributed by atoms with E-state index in [1.807, 2.05) is 0 Å². The van der Waals surface area contributed by atoms with Gasteiger partial charge in [0.2, 0.25) is 0 Å². The number of hydrogen-bond acceptors (Lipinski definition) is 0. The van der Waals surface area contributed by atoms with Gasteiger partial charge in [-0.3, -0.25) is 0 Å². The largest absolute Gasteiger partial charge is 0.103 e. The van der Waals surface area contributed by atoms with E-state index in [9.17, 15) is 0 Å². The maximum absolute atomic E-state index is 3.30. The smallest absolute Gasteiger partial charge is 0.00914 e. The molecule has 1 radical (unpaired) electrons. The van der Waals surface area contributed by atoms with Crippen molar-refractivity contribution in [1.82, 2.24) is 0 Å². The van der Waals surface area contributed by atoms with E-state index in [-0.39, 0.29) is 0 Å². The van der Waals surface area contributed by atoms with Gasteiger partial charge in [0.1, 0.15) is 0 Å². The molecule has 0 aliphatic carbocycles. The Morgan fingerprint density at radius 2 is 0.952 bits per heavy atom. The molecule has 0 fully saturated rings. The highest BCUT2D eigenvalue weighted by atomic mass is 13.9. The minimum absolute atomic E-state index is 1.02. The highest BCUT2D eigenvalue weighted by molar-refractivity contribution is 5.01. The highest BCUT2D eigenvalue weighted by Gasteiger charge is 1.88. The first-order valence-corrected chi connectivity index (χ1v) is 9.14. The van der Waals surface area contributed by atoms with Crippen molar-refractivity contribution in [1.29, 1.82) is 0 Å². The van der Waals surface area contributed by atoms with Crippen LogP contribution in [0.2, 0.25) is 0 Å². The van der Waals surface area contributed by atoms with Gasteiger partial charge >= 0.3 is 0 Å². The molecule has 0 rings (SSSR count). The molecule has 0 spiro atoms. The van der Waals surface area contributed by atoms with Crippen LogP contribution in [-0.4, -0.2) is 0 Å². The van der Waals surface area contributed by atoms with Gasteiger partial charge in [-0.2, -0.15) is 0 Å². The third kappa shape index (κ3) is 19.1. The summed E-state index contributed by atoms with van der Waals surface area (Å²) in [5.41, 5.74) is 0. The van der Waals surface area contributed by atoms with Crippen molar-refractivity contribution >= 4 is 0 Å². The molecule has 21 heavy (non-hydrogen) atoms. The minimum atomic E-state index is 1.02. The van der Waals surface area contributed by atoms with Gasteiger partial charge in [-0.05, 0) is 32.1 Å². The summed E-state index contributed by atoms with van der Waals surface area (Å²) in [6.07, 6.45) is 19.4. The molecule has 0 nitrogen and oxygen atoms in total. The zero-order valence-electron chi connectivity index (χ0n) is 14.5.